The molecule has 0 saturated carbocycles. The van der Waals surface area contributed by atoms with Crippen LogP contribution in [-0.2, 0) is 6.42 Å². The smallest absolute Gasteiger partial charge is 0.164 e. The van der Waals surface area contributed by atoms with Crippen LogP contribution >= 0.6 is 0 Å². The third-order valence-electron chi connectivity index (χ3n) is 3.49. The van der Waals surface area contributed by atoms with Crippen LogP contribution in [0, 0.1) is 6.92 Å². The van der Waals surface area contributed by atoms with Gasteiger partial charge in [0.2, 0.25) is 0 Å². The quantitative estimate of drug-likeness (QED) is 0.828. The highest BCUT2D eigenvalue weighted by molar-refractivity contribution is 5.97. The van der Waals surface area contributed by atoms with Gasteiger partial charge in [-0.15, -0.1) is 0 Å². The van der Waals surface area contributed by atoms with Crippen LogP contribution in [0.15, 0.2) is 36.4 Å². The van der Waals surface area contributed by atoms with Crippen molar-refractivity contribution in [3.05, 3.63) is 53.1 Å². The van der Waals surface area contributed by atoms with Gasteiger partial charge in [-0.1, -0.05) is 24.3 Å². The van der Waals surface area contributed by atoms with Crippen molar-refractivity contribution in [2.75, 3.05) is 7.11 Å². The van der Waals surface area contributed by atoms with Gasteiger partial charge in [0, 0.05) is 17.5 Å². The second-order valence-corrected chi connectivity index (χ2v) is 4.85. The van der Waals surface area contributed by atoms with E-state index in [9.17, 15) is 15.0 Å². The Kier molecular flexibility index (Phi) is 4.48. The zero-order valence-electron chi connectivity index (χ0n) is 12.1. The van der Waals surface area contributed by atoms with E-state index in [1.54, 1.807) is 6.07 Å². The summed E-state index contributed by atoms with van der Waals surface area (Å²) in [5.41, 5.74) is 1.91. The molecule has 0 unspecified atom stereocenters. The Labute approximate surface area is 123 Å². The lowest BCUT2D eigenvalue weighted by atomic mass is 9.98. The molecule has 21 heavy (non-hydrogen) atoms. The number of ketones is 1. The number of carbonyl (C=O) groups excluding carboxylic acids is 1. The second-order valence-electron chi connectivity index (χ2n) is 4.85. The summed E-state index contributed by atoms with van der Waals surface area (Å²) in [6.45, 7) is 1.88. The van der Waals surface area contributed by atoms with Crippen LogP contribution in [0.2, 0.25) is 0 Å². The molecule has 0 aromatic heterocycles. The van der Waals surface area contributed by atoms with Crippen LogP contribution in [0.5, 0.6) is 17.2 Å². The summed E-state index contributed by atoms with van der Waals surface area (Å²) < 4.78 is 5.01. The van der Waals surface area contributed by atoms with E-state index < -0.39 is 0 Å². The normalized spacial score (nSPS) is 10.4. The third-order valence-corrected chi connectivity index (χ3v) is 3.49. The van der Waals surface area contributed by atoms with Crippen molar-refractivity contribution in [1.82, 2.24) is 0 Å². The van der Waals surface area contributed by atoms with Crippen molar-refractivity contribution in [3.8, 4) is 17.2 Å². The van der Waals surface area contributed by atoms with Gasteiger partial charge in [-0.05, 0) is 31.0 Å². The number of benzene rings is 2. The van der Waals surface area contributed by atoms with Crippen molar-refractivity contribution < 1.29 is 19.7 Å². The number of aryl methyl sites for hydroxylation is 1. The predicted molar refractivity (Wildman–Crippen MR) is 80.2 cm³/mol. The Morgan fingerprint density at radius 3 is 2.52 bits per heavy atom. The second kappa shape index (κ2) is 6.31. The fourth-order valence-corrected chi connectivity index (χ4v) is 2.27. The van der Waals surface area contributed by atoms with Crippen LogP contribution in [-0.4, -0.2) is 23.1 Å². The summed E-state index contributed by atoms with van der Waals surface area (Å²) in [4.78, 5) is 12.2. The van der Waals surface area contributed by atoms with Crippen molar-refractivity contribution in [2.24, 2.45) is 0 Å². The Morgan fingerprint density at radius 2 is 1.86 bits per heavy atom. The molecule has 0 aliphatic carbocycles. The molecule has 0 radical (unpaired) electrons. The summed E-state index contributed by atoms with van der Waals surface area (Å²) in [5.74, 6) is 0.113. The molecule has 4 nitrogen and oxygen atoms in total. The first-order valence-electron chi connectivity index (χ1n) is 6.71. The molecule has 0 fully saturated rings. The topological polar surface area (TPSA) is 66.8 Å². The molecule has 2 N–H and O–H groups in total. The first-order valence-corrected chi connectivity index (χ1v) is 6.71. The first-order chi connectivity index (χ1) is 10.0. The third kappa shape index (κ3) is 3.16. The Hall–Kier alpha value is -2.49. The minimum atomic E-state index is -0.116. The van der Waals surface area contributed by atoms with Gasteiger partial charge in [-0.3, -0.25) is 4.79 Å². The summed E-state index contributed by atoms with van der Waals surface area (Å²) in [6.07, 6.45) is 0.459. The largest absolute Gasteiger partial charge is 0.508 e. The monoisotopic (exact) mass is 286 g/mol. The zero-order valence-corrected chi connectivity index (χ0v) is 12.1. The van der Waals surface area contributed by atoms with E-state index in [1.807, 2.05) is 25.1 Å². The number of phenolic OH excluding ortho intramolecular Hbond substituents is 2. The van der Waals surface area contributed by atoms with Crippen LogP contribution in [0.3, 0.4) is 0 Å². The minimum Gasteiger partial charge on any atom is -0.508 e. The van der Waals surface area contributed by atoms with Crippen LogP contribution < -0.4 is 4.74 Å². The number of carbonyl (C=O) groups is 1. The fourth-order valence-electron chi connectivity index (χ4n) is 2.27. The minimum absolute atomic E-state index is 0.0188. The van der Waals surface area contributed by atoms with Crippen molar-refractivity contribution in [1.29, 1.82) is 0 Å². The highest BCUT2D eigenvalue weighted by Gasteiger charge is 2.15. The number of rotatable bonds is 5. The molecular weight excluding hydrogens is 268 g/mol. The number of hydrogen-bond donors (Lipinski definition) is 2. The number of ether oxygens (including phenoxy) is 1. The fraction of sp³-hybridized carbons (Fsp3) is 0.235. The van der Waals surface area contributed by atoms with E-state index in [-0.39, 0.29) is 35.9 Å². The van der Waals surface area contributed by atoms with E-state index in [2.05, 4.69) is 0 Å². The average molecular weight is 286 g/mol. The van der Waals surface area contributed by atoms with Crippen LogP contribution in [0.1, 0.15) is 27.9 Å². The van der Waals surface area contributed by atoms with Gasteiger partial charge in [-0.25, -0.2) is 0 Å². The first kappa shape index (κ1) is 14.9. The number of hydrogen-bond acceptors (Lipinski definition) is 4. The van der Waals surface area contributed by atoms with E-state index >= 15 is 0 Å². The molecule has 4 heteroatoms. The molecule has 2 aromatic rings. The van der Waals surface area contributed by atoms with Crippen LogP contribution in [0.4, 0.5) is 0 Å². The number of Topliss-reactive ketones (excluding diaryl/α,β-unsaturated/α-hetero) is 1. The van der Waals surface area contributed by atoms with Gasteiger partial charge in [-0.2, -0.15) is 0 Å². The van der Waals surface area contributed by atoms with Gasteiger partial charge < -0.3 is 14.9 Å². The number of methoxy groups -OCH3 is 1. The summed E-state index contributed by atoms with van der Waals surface area (Å²) in [5, 5.41) is 19.8. The molecule has 0 aliphatic rings. The van der Waals surface area contributed by atoms with Gasteiger partial charge in [0.1, 0.15) is 5.75 Å². The van der Waals surface area contributed by atoms with Gasteiger partial charge in [0.15, 0.2) is 17.3 Å². The molecule has 2 aromatic carbocycles. The Morgan fingerprint density at radius 1 is 1.14 bits per heavy atom. The molecule has 0 amide bonds. The molecule has 0 heterocycles. The van der Waals surface area contributed by atoms with Crippen molar-refractivity contribution in [2.45, 2.75) is 19.8 Å². The highest BCUT2D eigenvalue weighted by atomic mass is 16.5. The van der Waals surface area contributed by atoms with E-state index in [4.69, 9.17) is 4.74 Å². The lowest BCUT2D eigenvalue weighted by Crippen LogP contribution is -2.04. The van der Waals surface area contributed by atoms with E-state index in [0.29, 0.717) is 11.1 Å². The zero-order chi connectivity index (χ0) is 15.4. The number of aromatic hydroxyl groups is 2. The predicted octanol–water partition coefficient (Wildman–Crippen LogP) is 3.23. The summed E-state index contributed by atoms with van der Waals surface area (Å²) >= 11 is 0. The molecule has 0 bridgehead atoms. The molecule has 0 aliphatic heterocycles. The van der Waals surface area contributed by atoms with E-state index in [1.165, 1.54) is 19.2 Å². The SMILES string of the molecule is COc1ccc(O)c(CCC(=O)c2ccccc2C)c1O. The van der Waals surface area contributed by atoms with Gasteiger partial charge in [0.25, 0.3) is 0 Å². The maximum absolute atomic E-state index is 12.2. The average Bonchev–Trinajstić information content (AvgIpc) is 2.47. The molecular formula is C17H18O4. The Balaban J connectivity index is 2.17. The molecule has 110 valence electrons. The molecule has 0 atom stereocenters. The molecule has 2 rings (SSSR count). The molecule has 0 spiro atoms. The highest BCUT2D eigenvalue weighted by Crippen LogP contribution is 2.36. The van der Waals surface area contributed by atoms with Crippen LogP contribution in [0.25, 0.3) is 0 Å². The lowest BCUT2D eigenvalue weighted by molar-refractivity contribution is 0.0982. The maximum atomic E-state index is 12.2. The van der Waals surface area contributed by atoms with Crippen molar-refractivity contribution in [3.63, 3.8) is 0 Å². The standard InChI is InChI=1S/C17H18O4/c1-11-5-3-4-6-12(11)14(18)8-7-13-15(19)9-10-16(21-2)17(13)20/h3-6,9-10,19-20H,7-8H2,1-2H3. The Bertz CT molecular complexity index is 662. The number of phenols is 2. The van der Waals surface area contributed by atoms with E-state index in [0.717, 1.165) is 5.56 Å². The molecule has 0 saturated heterocycles. The van der Waals surface area contributed by atoms with Crippen molar-refractivity contribution >= 4 is 5.78 Å². The van der Waals surface area contributed by atoms with Gasteiger partial charge in [0.05, 0.1) is 7.11 Å². The summed E-state index contributed by atoms with van der Waals surface area (Å²) in [7, 11) is 1.44. The van der Waals surface area contributed by atoms with Gasteiger partial charge >= 0.3 is 0 Å². The summed E-state index contributed by atoms with van der Waals surface area (Å²) in [6, 6.07) is 10.3. The maximum Gasteiger partial charge on any atom is 0.164 e. The lowest BCUT2D eigenvalue weighted by Gasteiger charge is -2.11.